The molecule has 3 aromatic carbocycles. The van der Waals surface area contributed by atoms with Gasteiger partial charge >= 0.3 is 17.6 Å². The van der Waals surface area contributed by atoms with Gasteiger partial charge in [0.15, 0.2) is 0 Å². The third kappa shape index (κ3) is 5.05. The molecule has 0 atom stereocenters. The van der Waals surface area contributed by atoms with Crippen LogP contribution in [0.15, 0.2) is 77.7 Å². The Balaban J connectivity index is 1.62. The Morgan fingerprint density at radius 2 is 1.55 bits per heavy atom. The summed E-state index contributed by atoms with van der Waals surface area (Å²) >= 11 is 5.65. The number of hydrogen-bond donors (Lipinski definition) is 4. The third-order valence-electron chi connectivity index (χ3n) is 6.44. The SMILES string of the molecule is O=C(O)CNc1cc(Cn2cc(C3c4ccccc4C=Cc4ccccc43)c(=S)[nH]c2=O)cc(C(=O)O)c1. The number of rotatable bonds is 7. The number of carboxylic acid groups (broad SMARTS) is 2. The molecular formula is C29H23N3O5S. The topological polar surface area (TPSA) is 124 Å². The van der Waals surface area contributed by atoms with Crippen LogP contribution in [-0.4, -0.2) is 38.2 Å². The molecule has 38 heavy (non-hydrogen) atoms. The van der Waals surface area contributed by atoms with Gasteiger partial charge in [0.25, 0.3) is 0 Å². The van der Waals surface area contributed by atoms with Crippen LogP contribution in [0.5, 0.6) is 0 Å². The molecule has 0 saturated heterocycles. The molecule has 0 unspecified atom stereocenters. The number of anilines is 1. The minimum absolute atomic E-state index is 0.0229. The Morgan fingerprint density at radius 1 is 0.921 bits per heavy atom. The van der Waals surface area contributed by atoms with Crippen LogP contribution in [0.4, 0.5) is 5.69 Å². The molecule has 1 aromatic heterocycles. The highest BCUT2D eigenvalue weighted by Gasteiger charge is 2.25. The number of benzene rings is 3. The second-order valence-corrected chi connectivity index (χ2v) is 9.38. The molecule has 190 valence electrons. The smallest absolute Gasteiger partial charge is 0.335 e. The molecule has 4 aromatic rings. The van der Waals surface area contributed by atoms with Crippen molar-refractivity contribution in [3.63, 3.8) is 0 Å². The highest BCUT2D eigenvalue weighted by Crippen LogP contribution is 2.39. The van der Waals surface area contributed by atoms with Gasteiger partial charge in [-0.3, -0.25) is 14.3 Å². The third-order valence-corrected chi connectivity index (χ3v) is 6.78. The number of nitrogens with zero attached hydrogens (tertiary/aromatic N) is 1. The van der Waals surface area contributed by atoms with E-state index < -0.39 is 17.6 Å². The van der Waals surface area contributed by atoms with E-state index in [0.29, 0.717) is 15.9 Å². The summed E-state index contributed by atoms with van der Waals surface area (Å²) in [5, 5.41) is 21.2. The van der Waals surface area contributed by atoms with Crippen LogP contribution in [0.2, 0.25) is 0 Å². The monoisotopic (exact) mass is 525 g/mol. The molecule has 0 spiro atoms. The zero-order valence-corrected chi connectivity index (χ0v) is 20.9. The van der Waals surface area contributed by atoms with Gasteiger partial charge in [0.1, 0.15) is 11.2 Å². The van der Waals surface area contributed by atoms with Gasteiger partial charge in [0.2, 0.25) is 0 Å². The predicted octanol–water partition coefficient (Wildman–Crippen LogP) is 4.81. The Bertz CT molecular complexity index is 1670. The van der Waals surface area contributed by atoms with Crippen molar-refractivity contribution in [1.29, 1.82) is 0 Å². The fraction of sp³-hybridized carbons (Fsp3) is 0.103. The lowest BCUT2D eigenvalue weighted by molar-refractivity contribution is -0.134. The van der Waals surface area contributed by atoms with Gasteiger partial charge in [0, 0.05) is 23.4 Å². The number of aromatic carboxylic acids is 1. The number of carboxylic acids is 2. The molecule has 5 rings (SSSR count). The number of nitrogens with one attached hydrogen (secondary N) is 2. The Kier molecular flexibility index (Phi) is 6.76. The average Bonchev–Trinajstić information content (AvgIpc) is 3.06. The van der Waals surface area contributed by atoms with Crippen molar-refractivity contribution < 1.29 is 19.8 Å². The van der Waals surface area contributed by atoms with Crippen LogP contribution in [0.1, 0.15) is 49.7 Å². The number of hydrogen-bond acceptors (Lipinski definition) is 5. The number of fused-ring (bicyclic) bond motifs is 2. The van der Waals surface area contributed by atoms with E-state index in [9.17, 15) is 19.5 Å². The average molecular weight is 526 g/mol. The molecule has 0 fully saturated rings. The Morgan fingerprint density at radius 3 is 2.16 bits per heavy atom. The van der Waals surface area contributed by atoms with E-state index in [4.69, 9.17) is 17.3 Å². The molecule has 9 heteroatoms. The van der Waals surface area contributed by atoms with Crippen LogP contribution in [0, 0.1) is 4.64 Å². The number of aromatic nitrogens is 2. The highest BCUT2D eigenvalue weighted by molar-refractivity contribution is 7.71. The first-order valence-electron chi connectivity index (χ1n) is 11.8. The van der Waals surface area contributed by atoms with Crippen molar-refractivity contribution in [3.8, 4) is 0 Å². The van der Waals surface area contributed by atoms with E-state index in [0.717, 1.165) is 27.8 Å². The zero-order valence-electron chi connectivity index (χ0n) is 20.0. The summed E-state index contributed by atoms with van der Waals surface area (Å²) in [5.41, 5.74) is 5.31. The molecule has 0 aliphatic heterocycles. The summed E-state index contributed by atoms with van der Waals surface area (Å²) in [6, 6.07) is 20.5. The van der Waals surface area contributed by atoms with E-state index in [1.165, 1.54) is 16.7 Å². The molecule has 1 aliphatic carbocycles. The second kappa shape index (κ2) is 10.3. The van der Waals surface area contributed by atoms with Gasteiger partial charge in [-0.15, -0.1) is 0 Å². The lowest BCUT2D eigenvalue weighted by Crippen LogP contribution is -2.25. The van der Waals surface area contributed by atoms with Crippen molar-refractivity contribution in [2.45, 2.75) is 12.5 Å². The molecule has 0 amide bonds. The van der Waals surface area contributed by atoms with Crippen molar-refractivity contribution in [3.05, 3.63) is 127 Å². The van der Waals surface area contributed by atoms with Crippen molar-refractivity contribution in [1.82, 2.24) is 9.55 Å². The maximum atomic E-state index is 13.0. The lowest BCUT2D eigenvalue weighted by Gasteiger charge is -2.22. The maximum Gasteiger partial charge on any atom is 0.335 e. The largest absolute Gasteiger partial charge is 0.480 e. The normalized spacial score (nSPS) is 12.3. The fourth-order valence-electron chi connectivity index (χ4n) is 4.77. The molecule has 8 nitrogen and oxygen atoms in total. The lowest BCUT2D eigenvalue weighted by atomic mass is 9.83. The summed E-state index contributed by atoms with van der Waals surface area (Å²) < 4.78 is 1.78. The number of H-pyrrole nitrogens is 1. The van der Waals surface area contributed by atoms with Gasteiger partial charge in [-0.05, 0) is 46.0 Å². The van der Waals surface area contributed by atoms with Crippen LogP contribution in [-0.2, 0) is 11.3 Å². The minimum atomic E-state index is -1.16. The Labute approximate surface area is 222 Å². The van der Waals surface area contributed by atoms with Gasteiger partial charge in [-0.2, -0.15) is 0 Å². The van der Waals surface area contributed by atoms with Crippen LogP contribution in [0.3, 0.4) is 0 Å². The van der Waals surface area contributed by atoms with E-state index in [1.807, 2.05) is 48.5 Å². The summed E-state index contributed by atoms with van der Waals surface area (Å²) in [6.07, 6.45) is 5.86. The van der Waals surface area contributed by atoms with Gasteiger partial charge in [-0.25, -0.2) is 9.59 Å². The van der Waals surface area contributed by atoms with E-state index >= 15 is 0 Å². The second-order valence-electron chi connectivity index (χ2n) is 8.97. The standard InChI is InChI=1S/C29H23N3O5S/c33-25(34)14-30-21-12-17(11-20(13-21)28(35)36)15-32-16-24(27(38)31-29(32)37)26-22-7-3-1-5-18(22)9-10-19-6-2-4-8-23(19)26/h1-13,16,26,30H,14-15H2,(H,33,34)(H,35,36)(H,31,37,38). The van der Waals surface area contributed by atoms with E-state index in [-0.39, 0.29) is 24.6 Å². The van der Waals surface area contributed by atoms with Crippen LogP contribution in [0.25, 0.3) is 12.2 Å². The van der Waals surface area contributed by atoms with Crippen molar-refractivity contribution in [2.24, 2.45) is 0 Å². The molecule has 1 aliphatic rings. The molecule has 1 heterocycles. The molecule has 0 bridgehead atoms. The summed E-state index contributed by atoms with van der Waals surface area (Å²) in [4.78, 5) is 38.5. The zero-order chi connectivity index (χ0) is 26.8. The van der Waals surface area contributed by atoms with Gasteiger partial charge < -0.3 is 15.5 Å². The van der Waals surface area contributed by atoms with Gasteiger partial charge in [0.05, 0.1) is 12.1 Å². The maximum absolute atomic E-state index is 13.0. The summed E-state index contributed by atoms with van der Waals surface area (Å²) in [7, 11) is 0. The summed E-state index contributed by atoms with van der Waals surface area (Å²) in [6.45, 7) is -0.325. The van der Waals surface area contributed by atoms with Gasteiger partial charge in [-0.1, -0.05) is 72.9 Å². The highest BCUT2D eigenvalue weighted by atomic mass is 32.1. The van der Waals surface area contributed by atoms with E-state index in [1.54, 1.807) is 12.3 Å². The fourth-order valence-corrected chi connectivity index (χ4v) is 5.02. The first-order chi connectivity index (χ1) is 18.3. The number of aliphatic carboxylic acids is 1. The quantitative estimate of drug-likeness (QED) is 0.225. The van der Waals surface area contributed by atoms with Crippen LogP contribution < -0.4 is 11.0 Å². The molecule has 4 N–H and O–H groups in total. The molecular weight excluding hydrogens is 502 g/mol. The first kappa shape index (κ1) is 24.9. The first-order valence-corrected chi connectivity index (χ1v) is 12.2. The van der Waals surface area contributed by atoms with E-state index in [2.05, 4.69) is 22.5 Å². The van der Waals surface area contributed by atoms with Crippen molar-refractivity contribution in [2.75, 3.05) is 11.9 Å². The molecule has 0 radical (unpaired) electrons. The molecule has 0 saturated carbocycles. The minimum Gasteiger partial charge on any atom is -0.480 e. The Hall–Kier alpha value is -4.76. The number of carbonyl (C=O) groups is 2. The van der Waals surface area contributed by atoms with Crippen molar-refractivity contribution >= 4 is 42.0 Å². The summed E-state index contributed by atoms with van der Waals surface area (Å²) in [5.74, 6) is -2.49. The predicted molar refractivity (Wildman–Crippen MR) is 147 cm³/mol. The number of aromatic amines is 1. The van der Waals surface area contributed by atoms with Crippen LogP contribution >= 0.6 is 12.2 Å².